The van der Waals surface area contributed by atoms with Crippen molar-refractivity contribution < 1.29 is 9.90 Å². The minimum absolute atomic E-state index is 0.0607. The van der Waals surface area contributed by atoms with Crippen LogP contribution in [0.4, 0.5) is 0 Å². The molecule has 2 N–H and O–H groups in total. The molecule has 4 nitrogen and oxygen atoms in total. The predicted molar refractivity (Wildman–Crippen MR) is 73.4 cm³/mol. The van der Waals surface area contributed by atoms with E-state index in [0.29, 0.717) is 18.9 Å². The number of aliphatic hydroxyl groups is 1. The van der Waals surface area contributed by atoms with Crippen LogP contribution in [-0.4, -0.2) is 48.2 Å². The maximum Gasteiger partial charge on any atom is 0.223 e. The fourth-order valence-corrected chi connectivity index (χ4v) is 2.81. The Labute approximate surface area is 111 Å². The van der Waals surface area contributed by atoms with E-state index < -0.39 is 0 Å². The highest BCUT2D eigenvalue weighted by molar-refractivity contribution is 5.76. The predicted octanol–water partition coefficient (Wildman–Crippen LogP) is 1.39. The van der Waals surface area contributed by atoms with Gasteiger partial charge in [0.15, 0.2) is 0 Å². The van der Waals surface area contributed by atoms with E-state index in [0.717, 1.165) is 32.4 Å². The maximum atomic E-state index is 12.3. The van der Waals surface area contributed by atoms with Gasteiger partial charge in [0.2, 0.25) is 5.91 Å². The first kappa shape index (κ1) is 15.4. The van der Waals surface area contributed by atoms with Gasteiger partial charge in [-0.05, 0) is 44.7 Å². The second-order valence-corrected chi connectivity index (χ2v) is 5.20. The first-order valence-corrected chi connectivity index (χ1v) is 7.33. The van der Waals surface area contributed by atoms with Crippen molar-refractivity contribution in [3.63, 3.8) is 0 Å². The van der Waals surface area contributed by atoms with E-state index in [1.807, 2.05) is 4.90 Å². The van der Waals surface area contributed by atoms with Gasteiger partial charge in [0.1, 0.15) is 0 Å². The molecule has 1 rings (SSSR count). The molecular formula is C14H28N2O2. The molecular weight excluding hydrogens is 228 g/mol. The zero-order valence-corrected chi connectivity index (χ0v) is 11.8. The quantitative estimate of drug-likeness (QED) is 0.723. The summed E-state index contributed by atoms with van der Waals surface area (Å²) in [5.41, 5.74) is 0. The lowest BCUT2D eigenvalue weighted by atomic mass is 9.95. The lowest BCUT2D eigenvalue weighted by Gasteiger charge is -2.32. The van der Waals surface area contributed by atoms with Gasteiger partial charge in [0.05, 0.1) is 6.61 Å². The first-order valence-electron chi connectivity index (χ1n) is 7.33. The standard InChI is InChI=1S/C14H28N2O2/c1-3-13(4-2)16(8-9-17)14(18)10-12-6-5-7-15-11-12/h12-13,15,17H,3-11H2,1-2H3. The summed E-state index contributed by atoms with van der Waals surface area (Å²) in [6.45, 7) is 6.79. The van der Waals surface area contributed by atoms with E-state index in [1.165, 1.54) is 6.42 Å². The summed E-state index contributed by atoms with van der Waals surface area (Å²) in [5, 5.41) is 12.5. The van der Waals surface area contributed by atoms with Crippen molar-refractivity contribution in [2.24, 2.45) is 5.92 Å². The van der Waals surface area contributed by atoms with Crippen LogP contribution >= 0.6 is 0 Å². The molecule has 1 fully saturated rings. The molecule has 0 saturated carbocycles. The number of nitrogens with one attached hydrogen (secondary N) is 1. The summed E-state index contributed by atoms with van der Waals surface area (Å²) in [5.74, 6) is 0.688. The summed E-state index contributed by atoms with van der Waals surface area (Å²) in [6.07, 6.45) is 4.87. The molecule has 106 valence electrons. The average molecular weight is 256 g/mol. The molecule has 0 aromatic heterocycles. The van der Waals surface area contributed by atoms with Crippen molar-refractivity contribution in [3.05, 3.63) is 0 Å². The van der Waals surface area contributed by atoms with Crippen molar-refractivity contribution in [2.75, 3.05) is 26.2 Å². The molecule has 0 aromatic carbocycles. The van der Waals surface area contributed by atoms with Crippen molar-refractivity contribution in [1.82, 2.24) is 10.2 Å². The van der Waals surface area contributed by atoms with Gasteiger partial charge in [-0.15, -0.1) is 0 Å². The minimum Gasteiger partial charge on any atom is -0.395 e. The van der Waals surface area contributed by atoms with E-state index in [-0.39, 0.29) is 18.6 Å². The third-order valence-corrected chi connectivity index (χ3v) is 3.91. The fraction of sp³-hybridized carbons (Fsp3) is 0.929. The van der Waals surface area contributed by atoms with Crippen molar-refractivity contribution in [3.8, 4) is 0 Å². The zero-order valence-electron chi connectivity index (χ0n) is 11.8. The van der Waals surface area contributed by atoms with Crippen LogP contribution in [0.25, 0.3) is 0 Å². The molecule has 1 aliphatic heterocycles. The number of carbonyl (C=O) groups excluding carboxylic acids is 1. The summed E-state index contributed by atoms with van der Waals surface area (Å²) < 4.78 is 0. The Morgan fingerprint density at radius 2 is 2.17 bits per heavy atom. The van der Waals surface area contributed by atoms with Crippen LogP contribution in [0.1, 0.15) is 46.0 Å². The Morgan fingerprint density at radius 1 is 1.44 bits per heavy atom. The van der Waals surface area contributed by atoms with Crippen LogP contribution in [0.5, 0.6) is 0 Å². The number of nitrogens with zero attached hydrogens (tertiary/aromatic N) is 1. The lowest BCUT2D eigenvalue weighted by Crippen LogP contribution is -2.43. The molecule has 1 aliphatic rings. The topological polar surface area (TPSA) is 52.6 Å². The number of rotatable bonds is 7. The highest BCUT2D eigenvalue weighted by atomic mass is 16.3. The second kappa shape index (κ2) is 8.48. The summed E-state index contributed by atoms with van der Waals surface area (Å²) in [7, 11) is 0. The molecule has 0 radical (unpaired) electrons. The number of amides is 1. The molecule has 1 unspecified atom stereocenters. The maximum absolute atomic E-state index is 12.3. The Balaban J connectivity index is 2.52. The van der Waals surface area contributed by atoms with E-state index in [1.54, 1.807) is 0 Å². The third-order valence-electron chi connectivity index (χ3n) is 3.91. The van der Waals surface area contributed by atoms with Crippen LogP contribution in [0.15, 0.2) is 0 Å². The second-order valence-electron chi connectivity index (χ2n) is 5.20. The minimum atomic E-state index is 0.0607. The zero-order chi connectivity index (χ0) is 13.4. The summed E-state index contributed by atoms with van der Waals surface area (Å²) in [4.78, 5) is 14.2. The van der Waals surface area contributed by atoms with E-state index in [9.17, 15) is 4.79 Å². The van der Waals surface area contributed by atoms with Crippen molar-refractivity contribution in [2.45, 2.75) is 52.0 Å². The van der Waals surface area contributed by atoms with Gasteiger partial charge in [-0.2, -0.15) is 0 Å². The van der Waals surface area contributed by atoms with Crippen LogP contribution < -0.4 is 5.32 Å². The molecule has 0 aromatic rings. The average Bonchev–Trinajstić information content (AvgIpc) is 2.40. The van der Waals surface area contributed by atoms with Gasteiger partial charge in [-0.25, -0.2) is 0 Å². The van der Waals surface area contributed by atoms with Crippen molar-refractivity contribution >= 4 is 5.91 Å². The van der Waals surface area contributed by atoms with Crippen LogP contribution in [0, 0.1) is 5.92 Å². The van der Waals surface area contributed by atoms with Gasteiger partial charge in [0, 0.05) is 19.0 Å². The Bertz CT molecular complexity index is 236. The van der Waals surface area contributed by atoms with Gasteiger partial charge in [0.25, 0.3) is 0 Å². The molecule has 0 aliphatic carbocycles. The summed E-state index contributed by atoms with van der Waals surface area (Å²) >= 11 is 0. The third kappa shape index (κ3) is 4.58. The van der Waals surface area contributed by atoms with E-state index in [2.05, 4.69) is 19.2 Å². The number of hydrogen-bond donors (Lipinski definition) is 2. The molecule has 1 heterocycles. The van der Waals surface area contributed by atoms with E-state index in [4.69, 9.17) is 5.11 Å². The Hall–Kier alpha value is -0.610. The SMILES string of the molecule is CCC(CC)N(CCO)C(=O)CC1CCCNC1. The van der Waals surface area contributed by atoms with Crippen molar-refractivity contribution in [1.29, 1.82) is 0 Å². The van der Waals surface area contributed by atoms with E-state index >= 15 is 0 Å². The van der Waals surface area contributed by atoms with Gasteiger partial charge < -0.3 is 15.3 Å². The highest BCUT2D eigenvalue weighted by Crippen LogP contribution is 2.18. The Morgan fingerprint density at radius 3 is 2.67 bits per heavy atom. The van der Waals surface area contributed by atoms with Crippen LogP contribution in [0.2, 0.25) is 0 Å². The van der Waals surface area contributed by atoms with Gasteiger partial charge in [-0.3, -0.25) is 4.79 Å². The molecule has 18 heavy (non-hydrogen) atoms. The van der Waals surface area contributed by atoms with Gasteiger partial charge >= 0.3 is 0 Å². The molecule has 4 heteroatoms. The number of carbonyl (C=O) groups is 1. The highest BCUT2D eigenvalue weighted by Gasteiger charge is 2.24. The molecule has 1 atom stereocenters. The first-order chi connectivity index (χ1) is 8.72. The molecule has 0 spiro atoms. The van der Waals surface area contributed by atoms with Crippen LogP contribution in [0.3, 0.4) is 0 Å². The molecule has 0 bridgehead atoms. The molecule has 1 saturated heterocycles. The largest absolute Gasteiger partial charge is 0.395 e. The number of hydrogen-bond acceptors (Lipinski definition) is 3. The Kier molecular flexibility index (Phi) is 7.28. The molecule has 1 amide bonds. The number of piperidine rings is 1. The summed E-state index contributed by atoms with van der Waals surface area (Å²) in [6, 6.07) is 0.279. The normalized spacial score (nSPS) is 20.1. The monoisotopic (exact) mass is 256 g/mol. The van der Waals surface area contributed by atoms with Crippen LogP contribution in [-0.2, 0) is 4.79 Å². The van der Waals surface area contributed by atoms with Gasteiger partial charge in [-0.1, -0.05) is 13.8 Å². The number of aliphatic hydroxyl groups excluding tert-OH is 1. The fourth-order valence-electron chi connectivity index (χ4n) is 2.81. The smallest absolute Gasteiger partial charge is 0.223 e. The lowest BCUT2D eigenvalue weighted by molar-refractivity contribution is -0.135.